The number of aryl methyl sites for hydroxylation is 2. The third-order valence-electron chi connectivity index (χ3n) is 2.93. The van der Waals surface area contributed by atoms with Crippen molar-refractivity contribution in [2.24, 2.45) is 5.73 Å². The van der Waals surface area contributed by atoms with Crippen molar-refractivity contribution in [3.8, 4) is 0 Å². The van der Waals surface area contributed by atoms with Crippen molar-refractivity contribution < 1.29 is 0 Å². The minimum Gasteiger partial charge on any atom is -0.328 e. The molecule has 3 heteroatoms. The van der Waals surface area contributed by atoms with Crippen LogP contribution in [0.5, 0.6) is 0 Å². The van der Waals surface area contributed by atoms with Crippen molar-refractivity contribution in [1.29, 1.82) is 0 Å². The predicted molar refractivity (Wildman–Crippen MR) is 78.1 cm³/mol. The summed E-state index contributed by atoms with van der Waals surface area (Å²) in [6, 6.07) is 10.6. The average molecular weight is 255 g/mol. The fourth-order valence-corrected chi connectivity index (χ4v) is 2.22. The Morgan fingerprint density at radius 3 is 2.63 bits per heavy atom. The van der Waals surface area contributed by atoms with E-state index in [0.29, 0.717) is 0 Å². The van der Waals surface area contributed by atoms with E-state index < -0.39 is 0 Å². The molecular formula is C16H21N3. The summed E-state index contributed by atoms with van der Waals surface area (Å²) in [5.41, 5.74) is 10.4. The number of nitrogens with two attached hydrogens (primary N) is 1. The van der Waals surface area contributed by atoms with Gasteiger partial charge in [0, 0.05) is 30.3 Å². The first kappa shape index (κ1) is 13.7. The van der Waals surface area contributed by atoms with Crippen molar-refractivity contribution in [3.63, 3.8) is 0 Å². The summed E-state index contributed by atoms with van der Waals surface area (Å²) >= 11 is 0. The van der Waals surface area contributed by atoms with Crippen LogP contribution in [-0.4, -0.2) is 16.0 Å². The van der Waals surface area contributed by atoms with E-state index >= 15 is 0 Å². The Morgan fingerprint density at radius 1 is 1.16 bits per heavy atom. The van der Waals surface area contributed by atoms with Gasteiger partial charge in [-0.2, -0.15) is 0 Å². The van der Waals surface area contributed by atoms with Crippen molar-refractivity contribution >= 4 is 0 Å². The van der Waals surface area contributed by atoms with Gasteiger partial charge in [0.1, 0.15) is 5.82 Å². The molecule has 0 saturated heterocycles. The highest BCUT2D eigenvalue weighted by Crippen LogP contribution is 2.10. The van der Waals surface area contributed by atoms with Gasteiger partial charge in [-0.25, -0.2) is 9.97 Å². The van der Waals surface area contributed by atoms with Crippen molar-refractivity contribution in [3.05, 3.63) is 58.7 Å². The molecule has 0 radical (unpaired) electrons. The van der Waals surface area contributed by atoms with E-state index in [9.17, 15) is 0 Å². The van der Waals surface area contributed by atoms with Gasteiger partial charge in [-0.15, -0.1) is 0 Å². The quantitative estimate of drug-likeness (QED) is 0.913. The lowest BCUT2D eigenvalue weighted by atomic mass is 10.1. The number of rotatable bonds is 4. The van der Waals surface area contributed by atoms with E-state index in [2.05, 4.69) is 41.2 Å². The van der Waals surface area contributed by atoms with Crippen LogP contribution < -0.4 is 5.73 Å². The summed E-state index contributed by atoms with van der Waals surface area (Å²) in [7, 11) is 0. The molecule has 0 bridgehead atoms. The average Bonchev–Trinajstić information content (AvgIpc) is 2.26. The summed E-state index contributed by atoms with van der Waals surface area (Å²) in [5, 5.41) is 0. The molecule has 3 nitrogen and oxygen atoms in total. The first-order chi connectivity index (χ1) is 9.02. The monoisotopic (exact) mass is 255 g/mol. The molecule has 0 aliphatic carbocycles. The Balaban J connectivity index is 2.22. The second-order valence-corrected chi connectivity index (χ2v) is 5.26. The van der Waals surface area contributed by atoms with E-state index in [1.54, 1.807) is 0 Å². The van der Waals surface area contributed by atoms with Crippen LogP contribution in [0.1, 0.15) is 35.3 Å². The number of aromatic nitrogens is 2. The fourth-order valence-electron chi connectivity index (χ4n) is 2.22. The predicted octanol–water partition coefficient (Wildman–Crippen LogP) is 2.57. The van der Waals surface area contributed by atoms with Crippen molar-refractivity contribution in [1.82, 2.24) is 9.97 Å². The Hall–Kier alpha value is -1.74. The SMILES string of the molecule is Cc1cccc(Cc2nc(C)cc(CC(C)N)n2)c1. The summed E-state index contributed by atoms with van der Waals surface area (Å²) in [4.78, 5) is 9.12. The van der Waals surface area contributed by atoms with Gasteiger partial charge in [-0.3, -0.25) is 0 Å². The topological polar surface area (TPSA) is 51.8 Å². The zero-order chi connectivity index (χ0) is 13.8. The minimum atomic E-state index is 0.126. The minimum absolute atomic E-state index is 0.126. The largest absolute Gasteiger partial charge is 0.328 e. The Labute approximate surface area is 114 Å². The molecule has 0 aliphatic heterocycles. The van der Waals surface area contributed by atoms with Crippen LogP contribution in [-0.2, 0) is 12.8 Å². The summed E-state index contributed by atoms with van der Waals surface area (Å²) in [6.07, 6.45) is 1.57. The molecule has 0 saturated carbocycles. The van der Waals surface area contributed by atoms with Crippen molar-refractivity contribution in [2.45, 2.75) is 39.7 Å². The fraction of sp³-hybridized carbons (Fsp3) is 0.375. The van der Waals surface area contributed by atoms with E-state index in [4.69, 9.17) is 5.73 Å². The smallest absolute Gasteiger partial charge is 0.133 e. The van der Waals surface area contributed by atoms with E-state index in [-0.39, 0.29) is 6.04 Å². The van der Waals surface area contributed by atoms with Gasteiger partial charge in [0.05, 0.1) is 0 Å². The number of hydrogen-bond donors (Lipinski definition) is 1. The molecular weight excluding hydrogens is 234 g/mol. The van der Waals surface area contributed by atoms with Crippen LogP contribution >= 0.6 is 0 Å². The van der Waals surface area contributed by atoms with E-state index in [1.165, 1.54) is 11.1 Å². The normalized spacial score (nSPS) is 12.4. The molecule has 2 N–H and O–H groups in total. The summed E-state index contributed by atoms with van der Waals surface area (Å²) in [5.74, 6) is 0.876. The molecule has 1 unspecified atom stereocenters. The van der Waals surface area contributed by atoms with Crippen LogP contribution in [0.3, 0.4) is 0 Å². The summed E-state index contributed by atoms with van der Waals surface area (Å²) in [6.45, 7) is 6.10. The third kappa shape index (κ3) is 4.14. The van der Waals surface area contributed by atoms with Crippen LogP contribution in [0.15, 0.2) is 30.3 Å². The molecule has 2 aromatic rings. The number of nitrogens with zero attached hydrogens (tertiary/aromatic N) is 2. The lowest BCUT2D eigenvalue weighted by molar-refractivity contribution is 0.711. The first-order valence-electron chi connectivity index (χ1n) is 6.67. The molecule has 1 aromatic heterocycles. The van der Waals surface area contributed by atoms with Gasteiger partial charge < -0.3 is 5.73 Å². The van der Waals surface area contributed by atoms with Crippen LogP contribution in [0.25, 0.3) is 0 Å². The maximum atomic E-state index is 5.84. The molecule has 2 rings (SSSR count). The van der Waals surface area contributed by atoms with E-state index in [1.807, 2.05) is 19.9 Å². The molecule has 1 heterocycles. The van der Waals surface area contributed by atoms with Gasteiger partial charge in [-0.1, -0.05) is 29.8 Å². The van der Waals surface area contributed by atoms with Gasteiger partial charge in [0.15, 0.2) is 0 Å². The van der Waals surface area contributed by atoms with E-state index in [0.717, 1.165) is 30.1 Å². The van der Waals surface area contributed by atoms with Gasteiger partial charge in [0.2, 0.25) is 0 Å². The lowest BCUT2D eigenvalue weighted by Crippen LogP contribution is -2.19. The third-order valence-corrected chi connectivity index (χ3v) is 2.93. The highest BCUT2D eigenvalue weighted by molar-refractivity contribution is 5.25. The molecule has 0 fully saturated rings. The standard InChI is InChI=1S/C16H21N3/c1-11-5-4-6-14(7-11)10-16-18-13(3)9-15(19-16)8-12(2)17/h4-7,9,12H,8,10,17H2,1-3H3. The van der Waals surface area contributed by atoms with Gasteiger partial charge in [0.25, 0.3) is 0 Å². The molecule has 19 heavy (non-hydrogen) atoms. The molecule has 100 valence electrons. The maximum absolute atomic E-state index is 5.84. The highest BCUT2D eigenvalue weighted by Gasteiger charge is 2.06. The van der Waals surface area contributed by atoms with Crippen LogP contribution in [0.2, 0.25) is 0 Å². The van der Waals surface area contributed by atoms with Gasteiger partial charge >= 0.3 is 0 Å². The number of hydrogen-bond acceptors (Lipinski definition) is 3. The van der Waals surface area contributed by atoms with Crippen molar-refractivity contribution in [2.75, 3.05) is 0 Å². The Kier molecular flexibility index (Phi) is 4.27. The molecule has 1 aromatic carbocycles. The van der Waals surface area contributed by atoms with Gasteiger partial charge in [-0.05, 0) is 32.4 Å². The molecule has 1 atom stereocenters. The van der Waals surface area contributed by atoms with Crippen LogP contribution in [0, 0.1) is 13.8 Å². The molecule has 0 aliphatic rings. The Morgan fingerprint density at radius 2 is 1.95 bits per heavy atom. The zero-order valence-electron chi connectivity index (χ0n) is 11.9. The lowest BCUT2D eigenvalue weighted by Gasteiger charge is -2.08. The highest BCUT2D eigenvalue weighted by atomic mass is 14.9. The Bertz CT molecular complexity index is 562. The first-order valence-corrected chi connectivity index (χ1v) is 6.67. The maximum Gasteiger partial charge on any atom is 0.133 e. The second kappa shape index (κ2) is 5.93. The molecule has 0 spiro atoms. The summed E-state index contributed by atoms with van der Waals surface area (Å²) < 4.78 is 0. The molecule has 0 amide bonds. The number of benzene rings is 1. The zero-order valence-corrected chi connectivity index (χ0v) is 11.9. The van der Waals surface area contributed by atoms with Crippen LogP contribution in [0.4, 0.5) is 0 Å². The second-order valence-electron chi connectivity index (χ2n) is 5.26.